The lowest BCUT2D eigenvalue weighted by Crippen LogP contribution is -2.61. The molecule has 0 unspecified atom stereocenters. The van der Waals surface area contributed by atoms with Crippen LogP contribution < -0.4 is 9.80 Å². The molecule has 1 aliphatic heterocycles. The second-order valence-electron chi connectivity index (χ2n) is 7.32. The monoisotopic (exact) mass is 478 g/mol. The Labute approximate surface area is 188 Å². The average molecular weight is 479 g/mol. The van der Waals surface area contributed by atoms with E-state index >= 15 is 0 Å². The molecular formula is C25H20BrFN2O2. The number of halogens is 2. The van der Waals surface area contributed by atoms with Crippen LogP contribution in [0, 0.1) is 5.82 Å². The fourth-order valence-corrected chi connectivity index (χ4v) is 4.01. The first-order valence-corrected chi connectivity index (χ1v) is 10.6. The predicted molar refractivity (Wildman–Crippen MR) is 124 cm³/mol. The maximum absolute atomic E-state index is 14.5. The Morgan fingerprint density at radius 2 is 1.61 bits per heavy atom. The zero-order chi connectivity index (χ0) is 22.0. The summed E-state index contributed by atoms with van der Waals surface area (Å²) in [5.74, 6) is -1.17. The molecule has 1 atom stereocenters. The number of benzene rings is 3. The molecule has 0 spiro atoms. The molecule has 1 fully saturated rings. The fraction of sp³-hybridized carbons (Fsp3) is 0.120. The molecule has 0 bridgehead atoms. The van der Waals surface area contributed by atoms with Gasteiger partial charge in [0.2, 0.25) is 5.91 Å². The number of carbonyl (C=O) groups is 2. The molecule has 0 saturated carbocycles. The number of hydrogen-bond donors (Lipinski definition) is 0. The van der Waals surface area contributed by atoms with Crippen molar-refractivity contribution in [2.24, 2.45) is 0 Å². The summed E-state index contributed by atoms with van der Waals surface area (Å²) in [5, 5.41) is 0. The van der Waals surface area contributed by atoms with E-state index in [1.165, 1.54) is 21.9 Å². The van der Waals surface area contributed by atoms with Crippen molar-refractivity contribution in [3.05, 3.63) is 100 Å². The smallest absolute Gasteiger partial charge is 0.255 e. The van der Waals surface area contributed by atoms with Crippen molar-refractivity contribution in [1.82, 2.24) is 0 Å². The minimum absolute atomic E-state index is 0.105. The van der Waals surface area contributed by atoms with Gasteiger partial charge in [0.25, 0.3) is 5.91 Å². The zero-order valence-corrected chi connectivity index (χ0v) is 18.4. The van der Waals surface area contributed by atoms with E-state index in [0.717, 1.165) is 10.0 Å². The summed E-state index contributed by atoms with van der Waals surface area (Å²) < 4.78 is 15.3. The second-order valence-corrected chi connectivity index (χ2v) is 8.23. The molecule has 2 amide bonds. The zero-order valence-electron chi connectivity index (χ0n) is 16.8. The van der Waals surface area contributed by atoms with Crippen molar-refractivity contribution in [3.63, 3.8) is 0 Å². The SMILES string of the molecule is C/C(=C/c1ccccc1)[C@@H]1C(=O)N(c2ccccc2F)CC(=O)N1c1ccc(Br)cc1. The highest BCUT2D eigenvalue weighted by Crippen LogP contribution is 2.31. The highest BCUT2D eigenvalue weighted by molar-refractivity contribution is 9.10. The Hall–Kier alpha value is -3.25. The van der Waals surface area contributed by atoms with Crippen LogP contribution >= 0.6 is 15.9 Å². The number of anilines is 2. The number of carbonyl (C=O) groups excluding carboxylic acids is 2. The Kier molecular flexibility index (Phi) is 6.00. The van der Waals surface area contributed by atoms with Crippen molar-refractivity contribution in [2.75, 3.05) is 16.3 Å². The first-order chi connectivity index (χ1) is 15.0. The molecule has 156 valence electrons. The largest absolute Gasteiger partial charge is 0.298 e. The molecule has 4 rings (SSSR count). The van der Waals surface area contributed by atoms with E-state index < -0.39 is 11.9 Å². The van der Waals surface area contributed by atoms with Crippen LogP contribution in [0.15, 0.2) is 88.9 Å². The quantitative estimate of drug-likeness (QED) is 0.500. The van der Waals surface area contributed by atoms with Crippen LogP contribution in [0.4, 0.5) is 15.8 Å². The standard InChI is InChI=1S/C25H20BrFN2O2/c1-17(15-18-7-3-2-4-8-18)24-25(31)28(22-10-6-5-9-21(22)27)16-23(30)29(24)20-13-11-19(26)12-14-20/h2-15,24H,16H2,1H3/b17-15-/t24-/m1/s1. The van der Waals surface area contributed by atoms with Crippen LogP contribution in [0.3, 0.4) is 0 Å². The van der Waals surface area contributed by atoms with Gasteiger partial charge in [0, 0.05) is 10.2 Å². The van der Waals surface area contributed by atoms with E-state index in [9.17, 15) is 14.0 Å². The Balaban J connectivity index is 1.81. The van der Waals surface area contributed by atoms with Gasteiger partial charge in [0.05, 0.1) is 5.69 Å². The first kappa shape index (κ1) is 21.0. The molecule has 0 aliphatic carbocycles. The minimum atomic E-state index is -0.887. The van der Waals surface area contributed by atoms with E-state index in [-0.39, 0.29) is 24.0 Å². The van der Waals surface area contributed by atoms with Gasteiger partial charge in [-0.2, -0.15) is 0 Å². The van der Waals surface area contributed by atoms with E-state index in [0.29, 0.717) is 11.3 Å². The molecular weight excluding hydrogens is 459 g/mol. The van der Waals surface area contributed by atoms with E-state index in [1.807, 2.05) is 55.5 Å². The van der Waals surface area contributed by atoms with Gasteiger partial charge in [-0.1, -0.05) is 64.5 Å². The highest BCUT2D eigenvalue weighted by atomic mass is 79.9. The summed E-state index contributed by atoms with van der Waals surface area (Å²) in [7, 11) is 0. The predicted octanol–water partition coefficient (Wildman–Crippen LogP) is 5.44. The van der Waals surface area contributed by atoms with Crippen LogP contribution in [0.1, 0.15) is 12.5 Å². The van der Waals surface area contributed by atoms with Gasteiger partial charge >= 0.3 is 0 Å². The van der Waals surface area contributed by atoms with Crippen molar-refractivity contribution in [3.8, 4) is 0 Å². The number of hydrogen-bond acceptors (Lipinski definition) is 2. The van der Waals surface area contributed by atoms with Crippen LogP contribution in [0.5, 0.6) is 0 Å². The minimum Gasteiger partial charge on any atom is -0.298 e. The van der Waals surface area contributed by atoms with Gasteiger partial charge in [-0.15, -0.1) is 0 Å². The van der Waals surface area contributed by atoms with E-state index in [4.69, 9.17) is 0 Å². The summed E-state index contributed by atoms with van der Waals surface area (Å²) in [6.45, 7) is 1.59. The Morgan fingerprint density at radius 1 is 0.968 bits per heavy atom. The normalized spacial score (nSPS) is 17.3. The van der Waals surface area contributed by atoms with E-state index in [1.54, 1.807) is 24.3 Å². The van der Waals surface area contributed by atoms with E-state index in [2.05, 4.69) is 15.9 Å². The van der Waals surface area contributed by atoms with Crippen LogP contribution in [-0.4, -0.2) is 24.4 Å². The molecule has 1 heterocycles. The molecule has 0 aromatic heterocycles. The second kappa shape index (κ2) is 8.86. The van der Waals surface area contributed by atoms with Crippen molar-refractivity contribution < 1.29 is 14.0 Å². The van der Waals surface area contributed by atoms with Crippen LogP contribution in [0.2, 0.25) is 0 Å². The van der Waals surface area contributed by atoms with Gasteiger partial charge in [-0.25, -0.2) is 4.39 Å². The molecule has 6 heteroatoms. The lowest BCUT2D eigenvalue weighted by atomic mass is 9.98. The third kappa shape index (κ3) is 4.30. The summed E-state index contributed by atoms with van der Waals surface area (Å²) in [5.41, 5.74) is 2.32. The topological polar surface area (TPSA) is 40.6 Å². The molecule has 0 N–H and O–H groups in total. The Morgan fingerprint density at radius 3 is 2.29 bits per heavy atom. The van der Waals surface area contributed by atoms with Crippen LogP contribution in [-0.2, 0) is 9.59 Å². The number of amides is 2. The number of piperazine rings is 1. The van der Waals surface area contributed by atoms with Crippen molar-refractivity contribution >= 4 is 45.2 Å². The Bertz CT molecular complexity index is 1150. The molecule has 3 aromatic rings. The third-order valence-corrected chi connectivity index (χ3v) is 5.72. The fourth-order valence-electron chi connectivity index (χ4n) is 3.75. The molecule has 31 heavy (non-hydrogen) atoms. The van der Waals surface area contributed by atoms with Gasteiger partial charge in [-0.05, 0) is 54.5 Å². The van der Waals surface area contributed by atoms with Gasteiger partial charge in [0.15, 0.2) is 0 Å². The molecule has 0 radical (unpaired) electrons. The number of para-hydroxylation sites is 1. The van der Waals surface area contributed by atoms with Gasteiger partial charge in [0.1, 0.15) is 18.4 Å². The lowest BCUT2D eigenvalue weighted by molar-refractivity contribution is -0.127. The average Bonchev–Trinajstić information content (AvgIpc) is 2.77. The molecule has 1 aliphatic rings. The first-order valence-electron chi connectivity index (χ1n) is 9.82. The van der Waals surface area contributed by atoms with Gasteiger partial charge in [-0.3, -0.25) is 19.4 Å². The summed E-state index contributed by atoms with van der Waals surface area (Å²) in [4.78, 5) is 29.6. The number of rotatable bonds is 4. The number of nitrogens with zero attached hydrogens (tertiary/aromatic N) is 2. The molecule has 1 saturated heterocycles. The third-order valence-electron chi connectivity index (χ3n) is 5.19. The summed E-state index contributed by atoms with van der Waals surface area (Å²) >= 11 is 3.40. The maximum Gasteiger partial charge on any atom is 0.255 e. The molecule has 3 aromatic carbocycles. The van der Waals surface area contributed by atoms with Crippen molar-refractivity contribution in [1.29, 1.82) is 0 Å². The molecule has 4 nitrogen and oxygen atoms in total. The lowest BCUT2D eigenvalue weighted by Gasteiger charge is -2.40. The van der Waals surface area contributed by atoms with Crippen molar-refractivity contribution in [2.45, 2.75) is 13.0 Å². The van der Waals surface area contributed by atoms with Gasteiger partial charge < -0.3 is 0 Å². The maximum atomic E-state index is 14.5. The highest BCUT2D eigenvalue weighted by Gasteiger charge is 2.42. The summed E-state index contributed by atoms with van der Waals surface area (Å²) in [6.07, 6.45) is 1.88. The van der Waals surface area contributed by atoms with Crippen LogP contribution in [0.25, 0.3) is 6.08 Å². The summed E-state index contributed by atoms with van der Waals surface area (Å²) in [6, 6.07) is 21.9.